The highest BCUT2D eigenvalue weighted by Gasteiger charge is 2.16. The Labute approximate surface area is 153 Å². The molecule has 0 aliphatic rings. The second kappa shape index (κ2) is 8.83. The van der Waals surface area contributed by atoms with Gasteiger partial charge in [-0.15, -0.1) is 0 Å². The lowest BCUT2D eigenvalue weighted by Crippen LogP contribution is -2.39. The number of nitrogens with zero attached hydrogens (tertiary/aromatic N) is 2. The van der Waals surface area contributed by atoms with Crippen LogP contribution >= 0.6 is 11.6 Å². The predicted molar refractivity (Wildman–Crippen MR) is 101 cm³/mol. The number of aryl methyl sites for hydroxylation is 1. The largest absolute Gasteiger partial charge is 0.322 e. The van der Waals surface area contributed by atoms with Crippen molar-refractivity contribution in [2.75, 3.05) is 32.5 Å². The van der Waals surface area contributed by atoms with Crippen molar-refractivity contribution >= 4 is 23.3 Å². The molecule has 6 heteroatoms. The maximum atomic E-state index is 14.0. The second-order valence-electron chi connectivity index (χ2n) is 6.21. The second-order valence-corrected chi connectivity index (χ2v) is 6.62. The van der Waals surface area contributed by atoms with E-state index < -0.39 is 0 Å². The topological polar surface area (TPSA) is 35.6 Å². The molecule has 0 radical (unpaired) electrons. The lowest BCUT2D eigenvalue weighted by atomic mass is 10.2. The third kappa shape index (κ3) is 5.73. The van der Waals surface area contributed by atoms with Gasteiger partial charge in [0, 0.05) is 29.4 Å². The lowest BCUT2D eigenvalue weighted by molar-refractivity contribution is 0.201. The van der Waals surface area contributed by atoms with E-state index >= 15 is 0 Å². The van der Waals surface area contributed by atoms with Crippen LogP contribution in [0.3, 0.4) is 0 Å². The Morgan fingerprint density at radius 3 is 2.52 bits per heavy atom. The van der Waals surface area contributed by atoms with Crippen LogP contribution in [0, 0.1) is 12.7 Å². The molecule has 2 aromatic carbocycles. The summed E-state index contributed by atoms with van der Waals surface area (Å²) in [6.45, 7) is 3.25. The van der Waals surface area contributed by atoms with Gasteiger partial charge in [0.15, 0.2) is 0 Å². The van der Waals surface area contributed by atoms with Gasteiger partial charge in [-0.3, -0.25) is 0 Å². The van der Waals surface area contributed by atoms with Crippen LogP contribution in [0.2, 0.25) is 5.02 Å². The zero-order chi connectivity index (χ0) is 18.4. The first-order chi connectivity index (χ1) is 11.9. The van der Waals surface area contributed by atoms with Crippen LogP contribution in [-0.2, 0) is 6.54 Å². The number of carbonyl (C=O) groups is 1. The molecule has 0 aliphatic carbocycles. The van der Waals surface area contributed by atoms with Crippen LogP contribution in [0.1, 0.15) is 11.1 Å². The molecule has 2 aromatic rings. The molecule has 0 spiro atoms. The molecule has 0 heterocycles. The van der Waals surface area contributed by atoms with Gasteiger partial charge in [-0.25, -0.2) is 9.18 Å². The van der Waals surface area contributed by atoms with E-state index in [4.69, 9.17) is 11.6 Å². The standard InChI is InChI=1S/C19H23ClFN3O/c1-14-8-9-16(12-17(14)20)22-19(25)24(11-10-23(2)3)13-15-6-4-5-7-18(15)21/h4-9,12H,10-11,13H2,1-3H3,(H,22,25). The van der Waals surface area contributed by atoms with E-state index in [0.717, 1.165) is 5.56 Å². The summed E-state index contributed by atoms with van der Waals surface area (Å²) in [4.78, 5) is 16.2. The van der Waals surface area contributed by atoms with Gasteiger partial charge in [0.25, 0.3) is 0 Å². The number of amides is 2. The van der Waals surface area contributed by atoms with E-state index in [0.29, 0.717) is 29.4 Å². The summed E-state index contributed by atoms with van der Waals surface area (Å²) in [6.07, 6.45) is 0. The van der Waals surface area contributed by atoms with Crippen molar-refractivity contribution in [3.05, 3.63) is 64.4 Å². The average molecular weight is 364 g/mol. The molecule has 2 amide bonds. The van der Waals surface area contributed by atoms with Gasteiger partial charge < -0.3 is 15.1 Å². The maximum absolute atomic E-state index is 14.0. The molecule has 1 N–H and O–H groups in total. The number of rotatable bonds is 6. The SMILES string of the molecule is Cc1ccc(NC(=O)N(CCN(C)C)Cc2ccccc2F)cc1Cl. The summed E-state index contributed by atoms with van der Waals surface area (Å²) in [7, 11) is 3.86. The van der Waals surface area contributed by atoms with Crippen LogP contribution in [0.15, 0.2) is 42.5 Å². The summed E-state index contributed by atoms with van der Waals surface area (Å²) >= 11 is 6.11. The molecule has 2 rings (SSSR count). The van der Waals surface area contributed by atoms with Gasteiger partial charge >= 0.3 is 6.03 Å². The molecule has 0 aromatic heterocycles. The van der Waals surface area contributed by atoms with Crippen LogP contribution in [0.25, 0.3) is 0 Å². The molecular weight excluding hydrogens is 341 g/mol. The number of hydrogen-bond acceptors (Lipinski definition) is 2. The molecular formula is C19H23ClFN3O. The molecule has 0 fully saturated rings. The van der Waals surface area contributed by atoms with Gasteiger partial charge in [0.2, 0.25) is 0 Å². The number of likely N-dealkylation sites (N-methyl/N-ethyl adjacent to an activating group) is 1. The Balaban J connectivity index is 2.14. The zero-order valence-corrected chi connectivity index (χ0v) is 15.5. The summed E-state index contributed by atoms with van der Waals surface area (Å²) in [5.74, 6) is -0.316. The number of hydrogen-bond donors (Lipinski definition) is 1. The highest BCUT2D eigenvalue weighted by molar-refractivity contribution is 6.31. The maximum Gasteiger partial charge on any atom is 0.322 e. The number of carbonyl (C=O) groups excluding carboxylic acids is 1. The van der Waals surface area contributed by atoms with E-state index in [1.54, 1.807) is 35.2 Å². The summed E-state index contributed by atoms with van der Waals surface area (Å²) in [6, 6.07) is 11.6. The van der Waals surface area contributed by atoms with Crippen LogP contribution in [-0.4, -0.2) is 43.0 Å². The monoisotopic (exact) mass is 363 g/mol. The van der Waals surface area contributed by atoms with Gasteiger partial charge in [-0.1, -0.05) is 35.9 Å². The van der Waals surface area contributed by atoms with E-state index in [1.165, 1.54) is 6.07 Å². The quantitative estimate of drug-likeness (QED) is 0.826. The van der Waals surface area contributed by atoms with Crippen molar-refractivity contribution in [1.29, 1.82) is 0 Å². The molecule has 0 atom stereocenters. The molecule has 0 saturated heterocycles. The van der Waals surface area contributed by atoms with Crippen LogP contribution in [0.5, 0.6) is 0 Å². The smallest absolute Gasteiger partial charge is 0.319 e. The van der Waals surface area contributed by atoms with Crippen molar-refractivity contribution in [2.24, 2.45) is 0 Å². The van der Waals surface area contributed by atoms with E-state index in [2.05, 4.69) is 5.32 Å². The van der Waals surface area contributed by atoms with Gasteiger partial charge in [0.05, 0.1) is 6.54 Å². The average Bonchev–Trinajstić information content (AvgIpc) is 2.56. The highest BCUT2D eigenvalue weighted by atomic mass is 35.5. The molecule has 4 nitrogen and oxygen atoms in total. The third-order valence-electron chi connectivity index (χ3n) is 3.85. The van der Waals surface area contributed by atoms with Crippen molar-refractivity contribution < 1.29 is 9.18 Å². The third-order valence-corrected chi connectivity index (χ3v) is 4.25. The van der Waals surface area contributed by atoms with Crippen molar-refractivity contribution in [3.63, 3.8) is 0 Å². The fourth-order valence-electron chi connectivity index (χ4n) is 2.28. The number of benzene rings is 2. The number of urea groups is 1. The Hall–Kier alpha value is -2.11. The summed E-state index contributed by atoms with van der Waals surface area (Å²) in [5, 5.41) is 3.42. The molecule has 0 unspecified atom stereocenters. The molecule has 25 heavy (non-hydrogen) atoms. The first kappa shape index (κ1) is 19.2. The molecule has 0 saturated carbocycles. The van der Waals surface area contributed by atoms with Crippen molar-refractivity contribution in [2.45, 2.75) is 13.5 Å². The molecule has 0 aliphatic heterocycles. The predicted octanol–water partition coefficient (Wildman–Crippen LogP) is 4.38. The fourth-order valence-corrected chi connectivity index (χ4v) is 2.46. The summed E-state index contributed by atoms with van der Waals surface area (Å²) in [5.41, 5.74) is 2.04. The highest BCUT2D eigenvalue weighted by Crippen LogP contribution is 2.20. The first-order valence-electron chi connectivity index (χ1n) is 8.07. The van der Waals surface area contributed by atoms with E-state index in [9.17, 15) is 9.18 Å². The first-order valence-corrected chi connectivity index (χ1v) is 8.45. The van der Waals surface area contributed by atoms with Gasteiger partial charge in [-0.05, 0) is 44.8 Å². The minimum absolute atomic E-state index is 0.200. The Bertz CT molecular complexity index is 736. The van der Waals surface area contributed by atoms with Gasteiger partial charge in [-0.2, -0.15) is 0 Å². The molecule has 134 valence electrons. The Morgan fingerprint density at radius 1 is 1.16 bits per heavy atom. The van der Waals surface area contributed by atoms with Gasteiger partial charge in [0.1, 0.15) is 5.82 Å². The van der Waals surface area contributed by atoms with Crippen molar-refractivity contribution in [3.8, 4) is 0 Å². The zero-order valence-electron chi connectivity index (χ0n) is 14.7. The summed E-state index contributed by atoms with van der Waals surface area (Å²) < 4.78 is 14.0. The van der Waals surface area contributed by atoms with E-state index in [1.807, 2.05) is 32.0 Å². The molecule has 0 bridgehead atoms. The normalized spacial score (nSPS) is 10.8. The minimum atomic E-state index is -0.316. The Kier molecular flexibility index (Phi) is 6.79. The van der Waals surface area contributed by atoms with Crippen LogP contribution in [0.4, 0.5) is 14.9 Å². The van der Waals surface area contributed by atoms with Crippen LogP contribution < -0.4 is 5.32 Å². The van der Waals surface area contributed by atoms with Crippen molar-refractivity contribution in [1.82, 2.24) is 9.80 Å². The van der Waals surface area contributed by atoms with E-state index in [-0.39, 0.29) is 18.4 Å². The Morgan fingerprint density at radius 2 is 1.88 bits per heavy atom. The fraction of sp³-hybridized carbons (Fsp3) is 0.316. The number of nitrogens with one attached hydrogen (secondary N) is 1. The number of anilines is 1. The minimum Gasteiger partial charge on any atom is -0.319 e. The lowest BCUT2D eigenvalue weighted by Gasteiger charge is -2.25. The number of halogens is 2.